The van der Waals surface area contributed by atoms with Crippen molar-refractivity contribution in [3.63, 3.8) is 0 Å². The summed E-state index contributed by atoms with van der Waals surface area (Å²) in [6.07, 6.45) is 0.0175. The molecular formula is C14H16ClN3O4S. The van der Waals surface area contributed by atoms with Crippen molar-refractivity contribution < 1.29 is 19.1 Å². The molecule has 124 valence electrons. The quantitative estimate of drug-likeness (QED) is 0.840. The molecule has 0 aromatic heterocycles. The van der Waals surface area contributed by atoms with E-state index in [1.54, 1.807) is 19.2 Å². The number of carbonyl (C=O) groups excluding carboxylic acids is 2. The minimum atomic E-state index is -0.506. The second-order valence-electron chi connectivity index (χ2n) is 4.56. The summed E-state index contributed by atoms with van der Waals surface area (Å²) < 4.78 is 10.3. The van der Waals surface area contributed by atoms with E-state index in [4.69, 9.17) is 21.1 Å². The van der Waals surface area contributed by atoms with E-state index < -0.39 is 5.25 Å². The first-order valence-corrected chi connectivity index (χ1v) is 7.90. The normalized spacial score (nSPS) is 18.7. The zero-order valence-electron chi connectivity index (χ0n) is 12.8. The smallest absolute Gasteiger partial charge is 0.240 e. The first kappa shape index (κ1) is 17.4. The average Bonchev–Trinajstić information content (AvgIpc) is 2.88. The molecule has 2 amide bonds. The van der Waals surface area contributed by atoms with Gasteiger partial charge in [0.15, 0.2) is 5.17 Å². The first-order chi connectivity index (χ1) is 11.0. The molecule has 1 fully saturated rings. The van der Waals surface area contributed by atoms with Crippen LogP contribution in [0, 0.1) is 0 Å². The molecule has 0 saturated carbocycles. The van der Waals surface area contributed by atoms with Crippen LogP contribution in [-0.4, -0.2) is 43.5 Å². The van der Waals surface area contributed by atoms with Crippen LogP contribution in [0.3, 0.4) is 0 Å². The third-order valence-corrected chi connectivity index (χ3v) is 4.57. The third-order valence-electron chi connectivity index (χ3n) is 3.10. The summed E-state index contributed by atoms with van der Waals surface area (Å²) in [5.41, 5.74) is 0.423. The lowest BCUT2D eigenvalue weighted by molar-refractivity contribution is -0.122. The number of amidine groups is 1. The Bertz CT molecular complexity index is 666. The molecule has 2 N–H and O–H groups in total. The lowest BCUT2D eigenvalue weighted by Crippen LogP contribution is -2.28. The van der Waals surface area contributed by atoms with Gasteiger partial charge in [0, 0.05) is 25.6 Å². The molecule has 1 atom stereocenters. The summed E-state index contributed by atoms with van der Waals surface area (Å²) in [5, 5.41) is 5.69. The molecule has 9 heteroatoms. The van der Waals surface area contributed by atoms with Gasteiger partial charge in [-0.25, -0.2) is 0 Å². The lowest BCUT2D eigenvalue weighted by Gasteiger charge is -2.13. The van der Waals surface area contributed by atoms with Crippen LogP contribution in [0.2, 0.25) is 5.02 Å². The molecule has 2 rings (SSSR count). The molecule has 0 unspecified atom stereocenters. The molecule has 1 heterocycles. The molecule has 0 spiro atoms. The zero-order valence-corrected chi connectivity index (χ0v) is 14.4. The van der Waals surface area contributed by atoms with Crippen LogP contribution < -0.4 is 20.1 Å². The van der Waals surface area contributed by atoms with Gasteiger partial charge < -0.3 is 20.1 Å². The molecule has 7 nitrogen and oxygen atoms in total. The average molecular weight is 358 g/mol. The van der Waals surface area contributed by atoms with Crippen LogP contribution >= 0.6 is 23.4 Å². The van der Waals surface area contributed by atoms with Gasteiger partial charge in [0.1, 0.15) is 16.7 Å². The maximum atomic E-state index is 12.2. The number of anilines is 1. The number of aliphatic imine (C=N–C) groups is 1. The van der Waals surface area contributed by atoms with Gasteiger partial charge in [-0.3, -0.25) is 14.6 Å². The number of amides is 2. The molecule has 1 aromatic carbocycles. The summed E-state index contributed by atoms with van der Waals surface area (Å²) in [6.45, 7) is 0. The van der Waals surface area contributed by atoms with Crippen LogP contribution in [0.1, 0.15) is 6.42 Å². The van der Waals surface area contributed by atoms with E-state index in [-0.39, 0.29) is 18.2 Å². The summed E-state index contributed by atoms with van der Waals surface area (Å²) in [4.78, 5) is 27.8. The fourth-order valence-electron chi connectivity index (χ4n) is 1.97. The molecule has 1 aliphatic heterocycles. The Morgan fingerprint density at radius 3 is 2.65 bits per heavy atom. The zero-order chi connectivity index (χ0) is 17.0. The van der Waals surface area contributed by atoms with Crippen molar-refractivity contribution >= 4 is 46.0 Å². The highest BCUT2D eigenvalue weighted by atomic mass is 35.5. The first-order valence-electron chi connectivity index (χ1n) is 6.64. The number of halogens is 1. The van der Waals surface area contributed by atoms with E-state index in [1.807, 2.05) is 0 Å². The largest absolute Gasteiger partial charge is 0.495 e. The van der Waals surface area contributed by atoms with Crippen molar-refractivity contribution in [1.82, 2.24) is 5.32 Å². The Morgan fingerprint density at radius 1 is 1.39 bits per heavy atom. The third kappa shape index (κ3) is 4.08. The van der Waals surface area contributed by atoms with Crippen molar-refractivity contribution in [3.8, 4) is 11.5 Å². The van der Waals surface area contributed by atoms with Crippen LogP contribution in [0.25, 0.3) is 0 Å². The fraction of sp³-hybridized carbons (Fsp3) is 0.357. The highest BCUT2D eigenvalue weighted by Gasteiger charge is 2.31. The maximum Gasteiger partial charge on any atom is 0.240 e. The standard InChI is InChI=1S/C14H16ClN3O4S/c1-16-14-18-13(20)11(23-14)6-12(19)17-8-5-9(21-2)7(15)4-10(8)22-3/h4-5,11H,6H2,1-3H3,(H,17,19)(H,16,18,20)/t11-/m0/s1. The number of thioether (sulfide) groups is 1. The predicted molar refractivity (Wildman–Crippen MR) is 90.7 cm³/mol. The van der Waals surface area contributed by atoms with Gasteiger partial charge in [0.05, 0.1) is 24.9 Å². The minimum absolute atomic E-state index is 0.0175. The summed E-state index contributed by atoms with van der Waals surface area (Å²) in [5.74, 6) is 0.267. The van der Waals surface area contributed by atoms with E-state index in [0.717, 1.165) is 0 Å². The second-order valence-corrected chi connectivity index (χ2v) is 6.16. The Kier molecular flexibility index (Phi) is 5.73. The number of hydrogen-bond donors (Lipinski definition) is 2. The number of carbonyl (C=O) groups is 2. The van der Waals surface area contributed by atoms with Crippen molar-refractivity contribution in [3.05, 3.63) is 17.2 Å². The van der Waals surface area contributed by atoms with E-state index in [2.05, 4.69) is 15.6 Å². The van der Waals surface area contributed by atoms with Gasteiger partial charge in [-0.05, 0) is 0 Å². The van der Waals surface area contributed by atoms with Gasteiger partial charge in [-0.1, -0.05) is 23.4 Å². The van der Waals surface area contributed by atoms with E-state index in [0.29, 0.717) is 27.4 Å². The Labute approximate surface area is 142 Å². The molecular weight excluding hydrogens is 342 g/mol. The molecule has 1 aliphatic rings. The van der Waals surface area contributed by atoms with Gasteiger partial charge in [-0.2, -0.15) is 0 Å². The van der Waals surface area contributed by atoms with Crippen LogP contribution in [0.5, 0.6) is 11.5 Å². The summed E-state index contributed by atoms with van der Waals surface area (Å²) >= 11 is 7.25. The van der Waals surface area contributed by atoms with Crippen LogP contribution in [-0.2, 0) is 9.59 Å². The minimum Gasteiger partial charge on any atom is -0.495 e. The number of nitrogens with zero attached hydrogens (tertiary/aromatic N) is 1. The molecule has 1 saturated heterocycles. The Balaban J connectivity index is 2.10. The van der Waals surface area contributed by atoms with Crippen LogP contribution in [0.15, 0.2) is 17.1 Å². The van der Waals surface area contributed by atoms with Gasteiger partial charge >= 0.3 is 0 Å². The van der Waals surface area contributed by atoms with Gasteiger partial charge in [0.25, 0.3) is 0 Å². The topological polar surface area (TPSA) is 89.0 Å². The van der Waals surface area contributed by atoms with Crippen molar-refractivity contribution in [1.29, 1.82) is 0 Å². The summed E-state index contributed by atoms with van der Waals surface area (Å²) in [7, 11) is 4.53. The lowest BCUT2D eigenvalue weighted by atomic mass is 10.2. The molecule has 0 aliphatic carbocycles. The Morgan fingerprint density at radius 2 is 2.09 bits per heavy atom. The van der Waals surface area contributed by atoms with Crippen molar-refractivity contribution in [2.24, 2.45) is 4.99 Å². The SMILES string of the molecule is CN=C1NC(=O)[C@H](CC(=O)Nc2cc(OC)c(Cl)cc2OC)S1. The molecule has 23 heavy (non-hydrogen) atoms. The number of nitrogens with one attached hydrogen (secondary N) is 2. The monoisotopic (exact) mass is 357 g/mol. The molecule has 0 bridgehead atoms. The number of benzene rings is 1. The predicted octanol–water partition coefficient (Wildman–Crippen LogP) is 1.90. The van der Waals surface area contributed by atoms with E-state index >= 15 is 0 Å². The highest BCUT2D eigenvalue weighted by Crippen LogP contribution is 2.36. The van der Waals surface area contributed by atoms with Crippen molar-refractivity contribution in [2.75, 3.05) is 26.6 Å². The number of methoxy groups -OCH3 is 2. The van der Waals surface area contributed by atoms with E-state index in [9.17, 15) is 9.59 Å². The number of ether oxygens (including phenoxy) is 2. The van der Waals surface area contributed by atoms with Gasteiger partial charge in [-0.15, -0.1) is 0 Å². The molecule has 0 radical (unpaired) electrons. The highest BCUT2D eigenvalue weighted by molar-refractivity contribution is 8.15. The van der Waals surface area contributed by atoms with E-state index in [1.165, 1.54) is 26.0 Å². The summed E-state index contributed by atoms with van der Waals surface area (Å²) in [6, 6.07) is 3.12. The fourth-order valence-corrected chi connectivity index (χ4v) is 3.14. The van der Waals surface area contributed by atoms with Gasteiger partial charge in [0.2, 0.25) is 11.8 Å². The number of hydrogen-bond acceptors (Lipinski definition) is 6. The molecule has 1 aromatic rings. The Hall–Kier alpha value is -1.93. The number of rotatable bonds is 5. The maximum absolute atomic E-state index is 12.2. The van der Waals surface area contributed by atoms with Crippen molar-refractivity contribution in [2.45, 2.75) is 11.7 Å². The van der Waals surface area contributed by atoms with Crippen LogP contribution in [0.4, 0.5) is 5.69 Å². The second kappa shape index (κ2) is 7.56.